The van der Waals surface area contributed by atoms with Gasteiger partial charge in [0.05, 0.1) is 5.75 Å². The van der Waals surface area contributed by atoms with Crippen molar-refractivity contribution in [3.05, 3.63) is 35.6 Å². The zero-order chi connectivity index (χ0) is 13.9. The lowest BCUT2D eigenvalue weighted by molar-refractivity contribution is -0.137. The molecule has 0 radical (unpaired) electrons. The highest BCUT2D eigenvalue weighted by Crippen LogP contribution is 2.19. The van der Waals surface area contributed by atoms with Gasteiger partial charge < -0.3 is 5.11 Å². The molecular weight excluding hydrogens is 259 g/mol. The molecule has 0 aliphatic heterocycles. The number of carboxylic acid groups (broad SMARTS) is 1. The summed E-state index contributed by atoms with van der Waals surface area (Å²) in [7, 11) is -3.94. The number of hydrogen-bond donors (Lipinski definition) is 1. The van der Waals surface area contributed by atoms with Crippen molar-refractivity contribution in [2.45, 2.75) is 24.9 Å². The summed E-state index contributed by atoms with van der Waals surface area (Å²) >= 11 is 0. The van der Waals surface area contributed by atoms with Crippen LogP contribution in [0.25, 0.3) is 0 Å². The van der Waals surface area contributed by atoms with E-state index in [0.717, 1.165) is 6.07 Å². The van der Waals surface area contributed by atoms with E-state index in [2.05, 4.69) is 0 Å². The van der Waals surface area contributed by atoms with Crippen molar-refractivity contribution in [3.63, 3.8) is 0 Å². The monoisotopic (exact) mass is 274 g/mol. The zero-order valence-corrected chi connectivity index (χ0v) is 10.9. The summed E-state index contributed by atoms with van der Waals surface area (Å²) in [4.78, 5) is 11.0. The number of carboxylic acids is 1. The Morgan fingerprint density at radius 3 is 2.33 bits per heavy atom. The first-order valence-corrected chi connectivity index (χ1v) is 7.15. The normalized spacial score (nSPS) is 13.6. The van der Waals surface area contributed by atoms with Crippen molar-refractivity contribution in [1.82, 2.24) is 0 Å². The number of carbonyl (C=O) groups is 1. The van der Waals surface area contributed by atoms with Gasteiger partial charge >= 0.3 is 5.97 Å². The van der Waals surface area contributed by atoms with E-state index in [1.54, 1.807) is 0 Å². The molecule has 1 aromatic rings. The summed E-state index contributed by atoms with van der Waals surface area (Å²) in [5, 5.41) is 7.44. The Labute approximate surface area is 105 Å². The molecule has 0 aliphatic carbocycles. The number of benzene rings is 1. The minimum atomic E-state index is -3.94. The third-order valence-electron chi connectivity index (χ3n) is 2.55. The van der Waals surface area contributed by atoms with E-state index >= 15 is 0 Å². The summed E-state index contributed by atoms with van der Waals surface area (Å²) < 4.78 is 37.3. The Morgan fingerprint density at radius 1 is 1.33 bits per heavy atom. The Balaban J connectivity index is 3.08. The van der Waals surface area contributed by atoms with Crippen molar-refractivity contribution in [3.8, 4) is 0 Å². The van der Waals surface area contributed by atoms with Crippen LogP contribution in [0.1, 0.15) is 19.4 Å². The van der Waals surface area contributed by atoms with Crippen LogP contribution >= 0.6 is 0 Å². The van der Waals surface area contributed by atoms with E-state index in [0.29, 0.717) is 0 Å². The molecule has 0 aliphatic rings. The van der Waals surface area contributed by atoms with E-state index in [9.17, 15) is 17.6 Å². The molecule has 1 unspecified atom stereocenters. The van der Waals surface area contributed by atoms with Crippen molar-refractivity contribution in [2.24, 2.45) is 5.92 Å². The highest BCUT2D eigenvalue weighted by molar-refractivity contribution is 7.92. The van der Waals surface area contributed by atoms with Gasteiger partial charge in [0, 0.05) is 5.56 Å². The van der Waals surface area contributed by atoms with Crippen LogP contribution in [0.5, 0.6) is 0 Å². The predicted molar refractivity (Wildman–Crippen MR) is 65.3 cm³/mol. The number of halogens is 1. The number of aliphatic carboxylic acids is 1. The van der Waals surface area contributed by atoms with Gasteiger partial charge in [-0.25, -0.2) is 12.8 Å². The van der Waals surface area contributed by atoms with Gasteiger partial charge in [0.1, 0.15) is 5.82 Å². The third-order valence-corrected chi connectivity index (χ3v) is 4.78. The highest BCUT2D eigenvalue weighted by Gasteiger charge is 2.35. The summed E-state index contributed by atoms with van der Waals surface area (Å²) in [6, 6.07) is 5.45. The molecule has 0 aromatic heterocycles. The molecule has 0 saturated carbocycles. The predicted octanol–water partition coefficient (Wildman–Crippen LogP) is 1.85. The summed E-state index contributed by atoms with van der Waals surface area (Å²) in [5.74, 6) is -3.22. The molecule has 0 bridgehead atoms. The Morgan fingerprint density at radius 2 is 1.89 bits per heavy atom. The molecule has 0 saturated heterocycles. The van der Waals surface area contributed by atoms with E-state index in [-0.39, 0.29) is 5.56 Å². The second-order valence-electron chi connectivity index (χ2n) is 4.40. The average Bonchev–Trinajstić information content (AvgIpc) is 2.19. The van der Waals surface area contributed by atoms with Crippen LogP contribution in [0.2, 0.25) is 0 Å². The fourth-order valence-electron chi connectivity index (χ4n) is 1.78. The Kier molecular flexibility index (Phi) is 4.45. The smallest absolute Gasteiger partial charge is 0.322 e. The van der Waals surface area contributed by atoms with Crippen LogP contribution in [0.3, 0.4) is 0 Å². The molecule has 1 N–H and O–H groups in total. The lowest BCUT2D eigenvalue weighted by atomic mass is 10.1. The van der Waals surface area contributed by atoms with E-state index in [1.165, 1.54) is 32.0 Å². The first-order chi connectivity index (χ1) is 8.25. The van der Waals surface area contributed by atoms with Gasteiger partial charge in [-0.2, -0.15) is 0 Å². The molecule has 0 spiro atoms. The summed E-state index contributed by atoms with van der Waals surface area (Å²) in [6.45, 7) is 3.02. The van der Waals surface area contributed by atoms with Gasteiger partial charge in [0.2, 0.25) is 0 Å². The maximum Gasteiger partial charge on any atom is 0.322 e. The molecule has 1 aromatic carbocycles. The van der Waals surface area contributed by atoms with Crippen molar-refractivity contribution in [2.75, 3.05) is 0 Å². The largest absolute Gasteiger partial charge is 0.480 e. The standard InChI is InChI=1S/C12H15FO4S/c1-8(2)11(12(14)15)18(16,17)7-9-5-3-4-6-10(9)13/h3-6,8,11H,7H2,1-2H3,(H,14,15). The summed E-state index contributed by atoms with van der Waals surface area (Å²) in [5.41, 5.74) is -0.00981. The van der Waals surface area contributed by atoms with Crippen molar-refractivity contribution >= 4 is 15.8 Å². The number of sulfone groups is 1. The Bertz CT molecular complexity index is 537. The minimum Gasteiger partial charge on any atom is -0.480 e. The molecule has 1 atom stereocenters. The lowest BCUT2D eigenvalue weighted by Crippen LogP contribution is -2.35. The average molecular weight is 274 g/mol. The van der Waals surface area contributed by atoms with Crippen LogP contribution in [-0.2, 0) is 20.4 Å². The lowest BCUT2D eigenvalue weighted by Gasteiger charge is -2.17. The fraction of sp³-hybridized carbons (Fsp3) is 0.417. The summed E-state index contributed by atoms with van der Waals surface area (Å²) in [6.07, 6.45) is 0. The number of rotatable bonds is 5. The second kappa shape index (κ2) is 5.48. The molecule has 0 fully saturated rings. The van der Waals surface area contributed by atoms with Gasteiger partial charge in [0.15, 0.2) is 15.1 Å². The topological polar surface area (TPSA) is 71.4 Å². The van der Waals surface area contributed by atoms with Gasteiger partial charge in [-0.05, 0) is 12.0 Å². The van der Waals surface area contributed by atoms with E-state index < -0.39 is 38.5 Å². The quantitative estimate of drug-likeness (QED) is 0.889. The zero-order valence-electron chi connectivity index (χ0n) is 10.1. The fourth-order valence-corrected chi connectivity index (χ4v) is 3.76. The number of hydrogen-bond acceptors (Lipinski definition) is 3. The van der Waals surface area contributed by atoms with Crippen LogP contribution in [0, 0.1) is 11.7 Å². The van der Waals surface area contributed by atoms with Crippen LogP contribution in [-0.4, -0.2) is 24.7 Å². The minimum absolute atomic E-state index is 0.00981. The van der Waals surface area contributed by atoms with Crippen molar-refractivity contribution in [1.29, 1.82) is 0 Å². The van der Waals surface area contributed by atoms with Gasteiger partial charge in [-0.3, -0.25) is 4.79 Å². The van der Waals surface area contributed by atoms with Gasteiger partial charge in [-0.1, -0.05) is 32.0 Å². The molecule has 1 rings (SSSR count). The first kappa shape index (κ1) is 14.6. The Hall–Kier alpha value is -1.43. The molecule has 0 amide bonds. The van der Waals surface area contributed by atoms with Gasteiger partial charge in [-0.15, -0.1) is 0 Å². The highest BCUT2D eigenvalue weighted by atomic mass is 32.2. The molecule has 4 nitrogen and oxygen atoms in total. The van der Waals surface area contributed by atoms with Crippen LogP contribution in [0.15, 0.2) is 24.3 Å². The maximum atomic E-state index is 13.4. The van der Waals surface area contributed by atoms with Crippen molar-refractivity contribution < 1.29 is 22.7 Å². The second-order valence-corrected chi connectivity index (χ2v) is 6.52. The molecule has 100 valence electrons. The van der Waals surface area contributed by atoms with Crippen LogP contribution in [0.4, 0.5) is 4.39 Å². The van der Waals surface area contributed by atoms with E-state index in [1.807, 2.05) is 0 Å². The van der Waals surface area contributed by atoms with Crippen LogP contribution < -0.4 is 0 Å². The maximum absolute atomic E-state index is 13.4. The van der Waals surface area contributed by atoms with Gasteiger partial charge in [0.25, 0.3) is 0 Å². The third kappa shape index (κ3) is 3.29. The SMILES string of the molecule is CC(C)C(C(=O)O)S(=O)(=O)Cc1ccccc1F. The van der Waals surface area contributed by atoms with E-state index in [4.69, 9.17) is 5.11 Å². The molecule has 6 heteroatoms. The first-order valence-electron chi connectivity index (χ1n) is 5.43. The molecule has 18 heavy (non-hydrogen) atoms. The molecular formula is C12H15FO4S. The molecule has 0 heterocycles.